The average molecular weight is 833 g/mol. The summed E-state index contributed by atoms with van der Waals surface area (Å²) in [6.07, 6.45) is 1.69. The van der Waals surface area contributed by atoms with E-state index in [1.54, 1.807) is 44.2 Å². The topological polar surface area (TPSA) is 166 Å². The number of piperazine rings is 1. The molecule has 3 N–H and O–H groups in total. The Bertz CT molecular complexity index is 2390. The van der Waals surface area contributed by atoms with Crippen molar-refractivity contribution in [3.63, 3.8) is 0 Å². The van der Waals surface area contributed by atoms with Crippen LogP contribution in [0.2, 0.25) is 5.02 Å². The van der Waals surface area contributed by atoms with Gasteiger partial charge < -0.3 is 25.2 Å². The number of para-hydroxylation sites is 1. The summed E-state index contributed by atoms with van der Waals surface area (Å²) in [5.74, 6) is -0.696. The number of benzene rings is 3. The lowest BCUT2D eigenvalue weighted by Crippen LogP contribution is -2.52. The third kappa shape index (κ3) is 8.45. The molecular formula is C41H46ClFN8O6S. The molecule has 3 aromatic carbocycles. The van der Waals surface area contributed by atoms with Crippen LogP contribution in [0.5, 0.6) is 5.75 Å². The molecule has 1 aromatic heterocycles. The number of amides is 3. The highest BCUT2D eigenvalue weighted by atomic mass is 35.5. The van der Waals surface area contributed by atoms with Crippen LogP contribution < -0.4 is 25.6 Å². The maximum absolute atomic E-state index is 15.4. The first-order valence-electron chi connectivity index (χ1n) is 19.2. The van der Waals surface area contributed by atoms with Crippen LogP contribution in [0.25, 0.3) is 0 Å². The van der Waals surface area contributed by atoms with E-state index in [0.717, 1.165) is 11.3 Å². The van der Waals surface area contributed by atoms with Crippen molar-refractivity contribution >= 4 is 68.0 Å². The molecule has 0 aliphatic carbocycles. The third-order valence-corrected chi connectivity index (χ3v) is 13.0. The zero-order valence-corrected chi connectivity index (χ0v) is 34.5. The summed E-state index contributed by atoms with van der Waals surface area (Å²) in [7, 11) is -3.60. The van der Waals surface area contributed by atoms with Crippen LogP contribution in [0.3, 0.4) is 0 Å². The first-order valence-corrected chi connectivity index (χ1v) is 21.2. The minimum Gasteiger partial charge on any atom is -0.489 e. The molecule has 4 aromatic rings. The fourth-order valence-corrected chi connectivity index (χ4v) is 8.79. The molecular weight excluding hydrogens is 787 g/mol. The van der Waals surface area contributed by atoms with Crippen molar-refractivity contribution in [3.05, 3.63) is 87.8 Å². The summed E-state index contributed by atoms with van der Waals surface area (Å²) in [5.41, 5.74) is 4.35. The van der Waals surface area contributed by atoms with E-state index in [-0.39, 0.29) is 58.6 Å². The van der Waals surface area contributed by atoms with Gasteiger partial charge in [-0.05, 0) is 82.5 Å². The number of ether oxygens (including phenoxy) is 1. The lowest BCUT2D eigenvalue weighted by Gasteiger charge is -2.37. The summed E-state index contributed by atoms with van der Waals surface area (Å²) in [6.45, 7) is 12.4. The maximum Gasteiger partial charge on any atom is 0.255 e. The van der Waals surface area contributed by atoms with Gasteiger partial charge in [0.25, 0.3) is 5.91 Å². The number of aryl methyl sites for hydroxylation is 1. The molecule has 3 aliphatic heterocycles. The van der Waals surface area contributed by atoms with Gasteiger partial charge in [0.1, 0.15) is 22.6 Å². The molecule has 17 heteroatoms. The van der Waals surface area contributed by atoms with E-state index in [9.17, 15) is 22.8 Å². The van der Waals surface area contributed by atoms with Crippen molar-refractivity contribution in [2.45, 2.75) is 82.8 Å². The number of hydrogen-bond acceptors (Lipinski definition) is 12. The minimum atomic E-state index is -3.60. The molecule has 1 atom stereocenters. The maximum atomic E-state index is 15.4. The Morgan fingerprint density at radius 1 is 1.00 bits per heavy atom. The summed E-state index contributed by atoms with van der Waals surface area (Å²) in [5, 5.41) is 8.23. The molecule has 3 amide bonds. The third-order valence-electron chi connectivity index (χ3n) is 10.5. The van der Waals surface area contributed by atoms with Crippen LogP contribution in [0.1, 0.15) is 67.6 Å². The molecule has 0 radical (unpaired) electrons. The summed E-state index contributed by atoms with van der Waals surface area (Å²) < 4.78 is 47.8. The number of imide groups is 1. The van der Waals surface area contributed by atoms with Gasteiger partial charge in [0, 0.05) is 68.6 Å². The smallest absolute Gasteiger partial charge is 0.255 e. The Morgan fingerprint density at radius 2 is 1.74 bits per heavy atom. The number of anilines is 5. The van der Waals surface area contributed by atoms with E-state index in [1.807, 2.05) is 32.9 Å². The Morgan fingerprint density at radius 3 is 2.45 bits per heavy atom. The van der Waals surface area contributed by atoms with E-state index in [2.05, 4.69) is 35.7 Å². The van der Waals surface area contributed by atoms with Crippen LogP contribution in [0.4, 0.5) is 33.2 Å². The van der Waals surface area contributed by atoms with Crippen LogP contribution in [-0.2, 0) is 32.5 Å². The highest BCUT2D eigenvalue weighted by Gasteiger charge is 2.39. The van der Waals surface area contributed by atoms with E-state index in [4.69, 9.17) is 16.3 Å². The number of nitrogens with zero attached hydrogens (tertiary/aromatic N) is 5. The van der Waals surface area contributed by atoms with Crippen molar-refractivity contribution in [3.8, 4) is 5.75 Å². The van der Waals surface area contributed by atoms with E-state index >= 15 is 4.39 Å². The van der Waals surface area contributed by atoms with E-state index in [1.165, 1.54) is 17.2 Å². The molecule has 58 heavy (non-hydrogen) atoms. The number of fused-ring (bicyclic) bond motifs is 1. The molecule has 0 spiro atoms. The van der Waals surface area contributed by atoms with Crippen molar-refractivity contribution in [1.82, 2.24) is 25.1 Å². The normalized spacial score (nSPS) is 17.5. The van der Waals surface area contributed by atoms with Gasteiger partial charge in [-0.2, -0.15) is 4.98 Å². The van der Waals surface area contributed by atoms with Gasteiger partial charge in [-0.3, -0.25) is 24.6 Å². The Balaban J connectivity index is 1.04. The van der Waals surface area contributed by atoms with Gasteiger partial charge in [0.15, 0.2) is 15.7 Å². The predicted molar refractivity (Wildman–Crippen MR) is 219 cm³/mol. The first-order chi connectivity index (χ1) is 27.6. The van der Waals surface area contributed by atoms with Crippen LogP contribution in [0, 0.1) is 12.7 Å². The second-order valence-electron chi connectivity index (χ2n) is 15.3. The van der Waals surface area contributed by atoms with Crippen LogP contribution >= 0.6 is 11.6 Å². The van der Waals surface area contributed by atoms with Gasteiger partial charge in [-0.15, -0.1) is 0 Å². The van der Waals surface area contributed by atoms with Gasteiger partial charge >= 0.3 is 0 Å². The summed E-state index contributed by atoms with van der Waals surface area (Å²) in [4.78, 5) is 52.2. The number of nitrogens with one attached hydrogen (secondary N) is 3. The number of carbonyl (C=O) groups is 3. The molecule has 14 nitrogen and oxygen atoms in total. The lowest BCUT2D eigenvalue weighted by molar-refractivity contribution is -0.136. The largest absolute Gasteiger partial charge is 0.489 e. The SMILES string of the molecule is Cc1cc(Nc2ncc(Cl)c(Nc3ccccc3S(=O)(=O)C(C)C)n2)c(OC(C)C)cc1N1CCN(Cc2cc3c(cc2F)C(=O)N(C2CCC(=O)NC2=O)C3)CC1. The molecule has 4 heterocycles. The van der Waals surface area contributed by atoms with Crippen LogP contribution in [0.15, 0.2) is 59.6 Å². The van der Waals surface area contributed by atoms with Gasteiger partial charge in [0.2, 0.25) is 17.8 Å². The monoisotopic (exact) mass is 832 g/mol. The number of carbonyl (C=O) groups excluding carboxylic acids is 3. The number of rotatable bonds is 12. The fourth-order valence-electron chi connectivity index (χ4n) is 7.45. The number of piperidine rings is 1. The number of aromatic nitrogens is 2. The number of sulfone groups is 1. The quantitative estimate of drug-likeness (QED) is 0.140. The molecule has 306 valence electrons. The van der Waals surface area contributed by atoms with E-state index in [0.29, 0.717) is 61.0 Å². The van der Waals surface area contributed by atoms with Gasteiger partial charge in [0.05, 0.1) is 33.8 Å². The number of hydrogen-bond donors (Lipinski definition) is 3. The van der Waals surface area contributed by atoms with Crippen molar-refractivity contribution in [1.29, 1.82) is 0 Å². The number of halogens is 2. The summed E-state index contributed by atoms with van der Waals surface area (Å²) >= 11 is 6.49. The second-order valence-corrected chi connectivity index (χ2v) is 18.2. The van der Waals surface area contributed by atoms with Crippen molar-refractivity contribution < 1.29 is 31.9 Å². The molecule has 7 rings (SSSR count). The summed E-state index contributed by atoms with van der Waals surface area (Å²) in [6, 6.07) is 12.8. The van der Waals surface area contributed by atoms with Crippen molar-refractivity contribution in [2.75, 3.05) is 41.7 Å². The average Bonchev–Trinajstić information content (AvgIpc) is 3.48. The predicted octanol–water partition coefficient (Wildman–Crippen LogP) is 6.12. The highest BCUT2D eigenvalue weighted by Crippen LogP contribution is 2.37. The van der Waals surface area contributed by atoms with Gasteiger partial charge in [-0.1, -0.05) is 23.7 Å². The molecule has 2 fully saturated rings. The highest BCUT2D eigenvalue weighted by molar-refractivity contribution is 7.92. The fraction of sp³-hybridized carbons (Fsp3) is 0.390. The lowest BCUT2D eigenvalue weighted by atomic mass is 10.0. The van der Waals surface area contributed by atoms with Crippen molar-refractivity contribution in [2.24, 2.45) is 0 Å². The van der Waals surface area contributed by atoms with Crippen LogP contribution in [-0.4, -0.2) is 89.5 Å². The first kappa shape index (κ1) is 40.9. The molecule has 0 bridgehead atoms. The molecule has 1 unspecified atom stereocenters. The Kier molecular flexibility index (Phi) is 11.6. The molecule has 3 aliphatic rings. The van der Waals surface area contributed by atoms with Gasteiger partial charge in [-0.25, -0.2) is 17.8 Å². The Hall–Kier alpha value is -5.32. The standard InChI is InChI=1S/C41H46ClFN8O6S/c1-23(2)57-35-19-34(25(5)16-32(35)46-41-44-20-29(42)38(48-41)45-31-8-6-7-9-36(31)58(55,56)24(3)4)50-14-12-49(13-15-50)21-27-17-26-22-51(40(54)28(26)18-30(27)43)33-10-11-37(52)47-39(33)53/h6-9,16-20,23-24,33H,10-15,21-22H2,1-5H3,(H,47,52,53)(H2,44,45,46,48). The molecule has 2 saturated heterocycles. The Labute approximate surface area is 342 Å². The van der Waals surface area contributed by atoms with E-state index < -0.39 is 38.8 Å². The molecule has 0 saturated carbocycles. The zero-order valence-electron chi connectivity index (χ0n) is 32.9. The minimum absolute atomic E-state index is 0.141. The second kappa shape index (κ2) is 16.5. The zero-order chi connectivity index (χ0) is 41.5.